The van der Waals surface area contributed by atoms with Crippen molar-refractivity contribution in [3.63, 3.8) is 0 Å². The number of nitrogens with zero attached hydrogens (tertiary/aromatic N) is 3. The third-order valence-electron chi connectivity index (χ3n) is 4.22. The summed E-state index contributed by atoms with van der Waals surface area (Å²) in [5.74, 6) is 2.05. The normalized spacial score (nSPS) is 11.7. The van der Waals surface area contributed by atoms with Crippen LogP contribution in [0.25, 0.3) is 11.4 Å². The van der Waals surface area contributed by atoms with E-state index in [1.165, 1.54) is 4.90 Å². The number of hydrogen-bond acceptors (Lipinski definition) is 6. The van der Waals surface area contributed by atoms with Crippen LogP contribution in [0.15, 0.2) is 53.1 Å². The molecule has 1 aromatic heterocycles. The van der Waals surface area contributed by atoms with Crippen molar-refractivity contribution in [1.29, 1.82) is 0 Å². The minimum Gasteiger partial charge on any atom is -0.497 e. The van der Waals surface area contributed by atoms with Crippen molar-refractivity contribution >= 4 is 5.91 Å². The summed E-state index contributed by atoms with van der Waals surface area (Å²) in [5, 5.41) is 3.98. The molecule has 3 rings (SSSR count). The molecule has 2 aromatic carbocycles. The van der Waals surface area contributed by atoms with E-state index in [4.69, 9.17) is 14.0 Å². The molecule has 0 radical (unpaired) electrons. The van der Waals surface area contributed by atoms with Gasteiger partial charge < -0.3 is 18.9 Å². The molecule has 1 atom stereocenters. The van der Waals surface area contributed by atoms with Crippen LogP contribution in [-0.2, 0) is 11.3 Å². The maximum absolute atomic E-state index is 12.6. The predicted octanol–water partition coefficient (Wildman–Crippen LogP) is 3.48. The highest BCUT2D eigenvalue weighted by molar-refractivity contribution is 5.80. The first-order valence-corrected chi connectivity index (χ1v) is 8.91. The van der Waals surface area contributed by atoms with Crippen molar-refractivity contribution in [1.82, 2.24) is 15.0 Å². The minimum absolute atomic E-state index is 0.175. The van der Waals surface area contributed by atoms with Crippen molar-refractivity contribution in [2.45, 2.75) is 26.5 Å². The Morgan fingerprint density at radius 1 is 1.18 bits per heavy atom. The van der Waals surface area contributed by atoms with Gasteiger partial charge in [-0.2, -0.15) is 4.98 Å². The Morgan fingerprint density at radius 2 is 1.93 bits per heavy atom. The largest absolute Gasteiger partial charge is 0.497 e. The van der Waals surface area contributed by atoms with Crippen LogP contribution in [0.4, 0.5) is 0 Å². The fraction of sp³-hybridized carbons (Fsp3) is 0.286. The molecule has 28 heavy (non-hydrogen) atoms. The number of carbonyl (C=O) groups is 1. The zero-order chi connectivity index (χ0) is 20.1. The first kappa shape index (κ1) is 19.4. The molecule has 0 saturated heterocycles. The van der Waals surface area contributed by atoms with Gasteiger partial charge in [-0.05, 0) is 55.8 Å². The second kappa shape index (κ2) is 8.56. The standard InChI is InChI=1S/C21H23N3O4/c1-14-6-5-7-18(12-14)27-15(2)21(25)24(3)13-19-22-20(23-28-19)16-8-10-17(26-4)11-9-16/h5-12,15H,13H2,1-4H3/t15-/m0/s1. The average Bonchev–Trinajstić information content (AvgIpc) is 3.15. The number of ether oxygens (including phenoxy) is 2. The number of aromatic nitrogens is 2. The van der Waals surface area contributed by atoms with Gasteiger partial charge in [-0.25, -0.2) is 0 Å². The van der Waals surface area contributed by atoms with Gasteiger partial charge in [-0.15, -0.1) is 0 Å². The number of hydrogen-bond donors (Lipinski definition) is 0. The molecule has 146 valence electrons. The van der Waals surface area contributed by atoms with Crippen LogP contribution >= 0.6 is 0 Å². The third-order valence-corrected chi connectivity index (χ3v) is 4.22. The van der Waals surface area contributed by atoms with E-state index in [1.54, 1.807) is 21.1 Å². The van der Waals surface area contributed by atoms with Crippen LogP contribution in [0, 0.1) is 6.92 Å². The van der Waals surface area contributed by atoms with E-state index >= 15 is 0 Å². The van der Waals surface area contributed by atoms with Gasteiger partial charge in [0.1, 0.15) is 11.5 Å². The molecule has 0 unspecified atom stereocenters. The summed E-state index contributed by atoms with van der Waals surface area (Å²) in [6.07, 6.45) is -0.629. The Kier molecular flexibility index (Phi) is 5.93. The Morgan fingerprint density at radius 3 is 2.61 bits per heavy atom. The highest BCUT2D eigenvalue weighted by Gasteiger charge is 2.21. The second-order valence-corrected chi connectivity index (χ2v) is 6.51. The lowest BCUT2D eigenvalue weighted by Gasteiger charge is -2.20. The van der Waals surface area contributed by atoms with Crippen LogP contribution in [0.5, 0.6) is 11.5 Å². The molecule has 0 spiro atoms. The van der Waals surface area contributed by atoms with Gasteiger partial charge in [0.25, 0.3) is 5.91 Å². The SMILES string of the molecule is COc1ccc(-c2noc(CN(C)C(=O)[C@H](C)Oc3cccc(C)c3)n2)cc1. The zero-order valence-corrected chi connectivity index (χ0v) is 16.4. The van der Waals surface area contributed by atoms with Gasteiger partial charge in [0.15, 0.2) is 6.10 Å². The number of amides is 1. The van der Waals surface area contributed by atoms with E-state index in [0.717, 1.165) is 16.9 Å². The summed E-state index contributed by atoms with van der Waals surface area (Å²) >= 11 is 0. The van der Waals surface area contributed by atoms with Gasteiger partial charge in [0, 0.05) is 12.6 Å². The van der Waals surface area contributed by atoms with E-state index in [1.807, 2.05) is 55.5 Å². The quantitative estimate of drug-likeness (QED) is 0.624. The Balaban J connectivity index is 1.61. The molecular formula is C21H23N3O4. The number of likely N-dealkylation sites (N-methyl/N-ethyl adjacent to an activating group) is 1. The molecule has 1 amide bonds. The summed E-state index contributed by atoms with van der Waals surface area (Å²) < 4.78 is 16.2. The molecule has 7 nitrogen and oxygen atoms in total. The summed E-state index contributed by atoms with van der Waals surface area (Å²) in [6.45, 7) is 3.89. The molecule has 0 aliphatic carbocycles. The predicted molar refractivity (Wildman–Crippen MR) is 104 cm³/mol. The van der Waals surface area contributed by atoms with Gasteiger partial charge in [-0.3, -0.25) is 4.79 Å². The number of carbonyl (C=O) groups excluding carboxylic acids is 1. The summed E-state index contributed by atoms with van der Waals surface area (Å²) in [7, 11) is 3.29. The van der Waals surface area contributed by atoms with Crippen LogP contribution in [0.1, 0.15) is 18.4 Å². The molecule has 0 bridgehead atoms. The number of rotatable bonds is 7. The summed E-state index contributed by atoms with van der Waals surface area (Å²) in [4.78, 5) is 18.4. The molecule has 0 saturated carbocycles. The average molecular weight is 381 g/mol. The lowest BCUT2D eigenvalue weighted by atomic mass is 10.2. The fourth-order valence-corrected chi connectivity index (χ4v) is 2.71. The first-order chi connectivity index (χ1) is 13.5. The van der Waals surface area contributed by atoms with Crippen molar-refractivity contribution in [3.8, 4) is 22.9 Å². The smallest absolute Gasteiger partial charge is 0.263 e. The van der Waals surface area contributed by atoms with E-state index in [2.05, 4.69) is 10.1 Å². The summed E-state index contributed by atoms with van der Waals surface area (Å²) in [6, 6.07) is 14.9. The highest BCUT2D eigenvalue weighted by Crippen LogP contribution is 2.20. The van der Waals surface area contributed by atoms with Crippen molar-refractivity contribution < 1.29 is 18.8 Å². The number of benzene rings is 2. The van der Waals surface area contributed by atoms with Crippen LogP contribution in [0.2, 0.25) is 0 Å². The molecule has 1 heterocycles. The molecule has 0 aliphatic rings. The van der Waals surface area contributed by atoms with Crippen LogP contribution < -0.4 is 9.47 Å². The van der Waals surface area contributed by atoms with Crippen molar-refractivity contribution in [3.05, 3.63) is 60.0 Å². The monoisotopic (exact) mass is 381 g/mol. The number of aryl methyl sites for hydroxylation is 1. The minimum atomic E-state index is -0.629. The van der Waals surface area contributed by atoms with Gasteiger partial charge in [0.2, 0.25) is 11.7 Å². The third kappa shape index (κ3) is 4.68. The summed E-state index contributed by atoms with van der Waals surface area (Å²) in [5.41, 5.74) is 1.88. The highest BCUT2D eigenvalue weighted by atomic mass is 16.5. The van der Waals surface area contributed by atoms with E-state index in [-0.39, 0.29) is 12.5 Å². The van der Waals surface area contributed by atoms with E-state index < -0.39 is 6.10 Å². The Labute approximate surface area is 163 Å². The Hall–Kier alpha value is -3.35. The topological polar surface area (TPSA) is 77.7 Å². The van der Waals surface area contributed by atoms with E-state index in [0.29, 0.717) is 17.5 Å². The van der Waals surface area contributed by atoms with E-state index in [9.17, 15) is 4.79 Å². The maximum atomic E-state index is 12.6. The van der Waals surface area contributed by atoms with Gasteiger partial charge >= 0.3 is 0 Å². The lowest BCUT2D eigenvalue weighted by molar-refractivity contribution is -0.137. The lowest BCUT2D eigenvalue weighted by Crippen LogP contribution is -2.37. The molecule has 0 fully saturated rings. The van der Waals surface area contributed by atoms with Crippen molar-refractivity contribution in [2.75, 3.05) is 14.2 Å². The van der Waals surface area contributed by atoms with Gasteiger partial charge in [0.05, 0.1) is 13.7 Å². The molecule has 3 aromatic rings. The van der Waals surface area contributed by atoms with Crippen LogP contribution in [0.3, 0.4) is 0 Å². The maximum Gasteiger partial charge on any atom is 0.263 e. The molecular weight excluding hydrogens is 358 g/mol. The zero-order valence-electron chi connectivity index (χ0n) is 16.4. The fourth-order valence-electron chi connectivity index (χ4n) is 2.71. The Bertz CT molecular complexity index is 937. The van der Waals surface area contributed by atoms with Crippen molar-refractivity contribution in [2.24, 2.45) is 0 Å². The van der Waals surface area contributed by atoms with Gasteiger partial charge in [-0.1, -0.05) is 17.3 Å². The number of methoxy groups -OCH3 is 1. The molecule has 0 N–H and O–H groups in total. The first-order valence-electron chi connectivity index (χ1n) is 8.91. The van der Waals surface area contributed by atoms with Crippen LogP contribution in [-0.4, -0.2) is 41.2 Å². The molecule has 7 heteroatoms. The second-order valence-electron chi connectivity index (χ2n) is 6.51. The molecule has 0 aliphatic heterocycles.